The second-order valence-electron chi connectivity index (χ2n) is 6.85. The minimum atomic E-state index is 0.0221. The summed E-state index contributed by atoms with van der Waals surface area (Å²) in [5.74, 6) is 1.24. The molecule has 1 saturated heterocycles. The lowest BCUT2D eigenvalue weighted by Crippen LogP contribution is -2.37. The van der Waals surface area contributed by atoms with Gasteiger partial charge in [0.1, 0.15) is 5.76 Å². The number of hydrogen-bond acceptors (Lipinski definition) is 5. The number of pyridine rings is 1. The standard InChI is InChI=1S/C20H22N4O2/c1-14-12-18(23-26-14)22-20(25)16-7-10-24(11-8-16)13-17-5-2-4-15-6-3-9-21-19(15)17/h2-6,9,12,16H,7-8,10-11,13H2,1H3,(H,22,23,25). The predicted octanol–water partition coefficient (Wildman–Crippen LogP) is 3.38. The zero-order chi connectivity index (χ0) is 17.9. The average Bonchev–Trinajstić information content (AvgIpc) is 3.07. The molecule has 2 aromatic heterocycles. The second kappa shape index (κ2) is 7.25. The number of para-hydroxylation sites is 1. The monoisotopic (exact) mass is 350 g/mol. The topological polar surface area (TPSA) is 71.3 Å². The molecule has 0 unspecified atom stereocenters. The van der Waals surface area contributed by atoms with Gasteiger partial charge in [0, 0.05) is 30.1 Å². The molecule has 3 aromatic rings. The highest BCUT2D eigenvalue weighted by atomic mass is 16.5. The van der Waals surface area contributed by atoms with Gasteiger partial charge in [-0.15, -0.1) is 0 Å². The van der Waals surface area contributed by atoms with Gasteiger partial charge in [-0.3, -0.25) is 14.7 Å². The molecule has 6 heteroatoms. The molecular weight excluding hydrogens is 328 g/mol. The smallest absolute Gasteiger partial charge is 0.228 e. The maximum Gasteiger partial charge on any atom is 0.228 e. The number of aromatic nitrogens is 2. The molecule has 0 saturated carbocycles. The first-order valence-electron chi connectivity index (χ1n) is 8.98. The number of rotatable bonds is 4. The highest BCUT2D eigenvalue weighted by Crippen LogP contribution is 2.23. The molecule has 6 nitrogen and oxygen atoms in total. The van der Waals surface area contributed by atoms with Crippen LogP contribution in [-0.2, 0) is 11.3 Å². The number of nitrogens with zero attached hydrogens (tertiary/aromatic N) is 3. The molecule has 0 bridgehead atoms. The fraction of sp³-hybridized carbons (Fsp3) is 0.350. The van der Waals surface area contributed by atoms with E-state index in [2.05, 4.69) is 44.6 Å². The van der Waals surface area contributed by atoms with E-state index in [0.717, 1.165) is 38.0 Å². The van der Waals surface area contributed by atoms with Crippen molar-refractivity contribution in [3.05, 3.63) is 53.9 Å². The fourth-order valence-corrected chi connectivity index (χ4v) is 3.54. The third kappa shape index (κ3) is 3.60. The molecule has 1 N–H and O–H groups in total. The van der Waals surface area contributed by atoms with E-state index in [1.54, 1.807) is 6.07 Å². The van der Waals surface area contributed by atoms with Crippen LogP contribution in [0.5, 0.6) is 0 Å². The Bertz CT molecular complexity index is 908. The maximum absolute atomic E-state index is 12.4. The van der Waals surface area contributed by atoms with Crippen LogP contribution in [0.3, 0.4) is 0 Å². The summed E-state index contributed by atoms with van der Waals surface area (Å²) in [7, 11) is 0. The molecule has 0 atom stereocenters. The minimum Gasteiger partial charge on any atom is -0.360 e. The third-order valence-corrected chi connectivity index (χ3v) is 4.95. The van der Waals surface area contributed by atoms with Crippen molar-refractivity contribution in [2.75, 3.05) is 18.4 Å². The number of likely N-dealkylation sites (tertiary alicyclic amines) is 1. The van der Waals surface area contributed by atoms with Gasteiger partial charge in [-0.2, -0.15) is 0 Å². The van der Waals surface area contributed by atoms with Crippen LogP contribution < -0.4 is 5.32 Å². The summed E-state index contributed by atoms with van der Waals surface area (Å²) in [5.41, 5.74) is 2.31. The van der Waals surface area contributed by atoms with Crippen molar-refractivity contribution in [3.8, 4) is 0 Å². The van der Waals surface area contributed by atoms with Gasteiger partial charge in [0.05, 0.1) is 5.52 Å². The van der Waals surface area contributed by atoms with Crippen LogP contribution in [0.2, 0.25) is 0 Å². The average molecular weight is 350 g/mol. The van der Waals surface area contributed by atoms with E-state index in [1.807, 2.05) is 19.2 Å². The quantitative estimate of drug-likeness (QED) is 0.781. The predicted molar refractivity (Wildman–Crippen MR) is 99.6 cm³/mol. The summed E-state index contributed by atoms with van der Waals surface area (Å²) in [6.45, 7) is 4.48. The van der Waals surface area contributed by atoms with Crippen molar-refractivity contribution >= 4 is 22.6 Å². The van der Waals surface area contributed by atoms with Gasteiger partial charge in [-0.25, -0.2) is 0 Å². The van der Waals surface area contributed by atoms with E-state index in [0.29, 0.717) is 11.6 Å². The second-order valence-corrected chi connectivity index (χ2v) is 6.85. The third-order valence-electron chi connectivity index (χ3n) is 4.95. The molecule has 0 aliphatic carbocycles. The Kier molecular flexibility index (Phi) is 4.67. The number of carbonyl (C=O) groups is 1. The van der Waals surface area contributed by atoms with Gasteiger partial charge < -0.3 is 9.84 Å². The van der Waals surface area contributed by atoms with Crippen LogP contribution in [0, 0.1) is 12.8 Å². The van der Waals surface area contributed by atoms with E-state index in [-0.39, 0.29) is 11.8 Å². The number of amides is 1. The van der Waals surface area contributed by atoms with Gasteiger partial charge in [-0.1, -0.05) is 29.4 Å². The van der Waals surface area contributed by atoms with Gasteiger partial charge in [0.25, 0.3) is 0 Å². The number of benzene rings is 1. The van der Waals surface area contributed by atoms with E-state index >= 15 is 0 Å². The lowest BCUT2D eigenvalue weighted by atomic mass is 9.95. The SMILES string of the molecule is Cc1cc(NC(=O)C2CCN(Cc3cccc4cccnc34)CC2)no1. The molecule has 4 rings (SSSR count). The Morgan fingerprint density at radius 3 is 2.85 bits per heavy atom. The van der Waals surface area contributed by atoms with Crippen LogP contribution >= 0.6 is 0 Å². The Labute approximate surface area is 152 Å². The number of fused-ring (bicyclic) bond motifs is 1. The highest BCUT2D eigenvalue weighted by molar-refractivity contribution is 5.91. The Morgan fingerprint density at radius 2 is 2.08 bits per heavy atom. The summed E-state index contributed by atoms with van der Waals surface area (Å²) in [5, 5.41) is 7.84. The largest absolute Gasteiger partial charge is 0.360 e. The number of nitrogens with one attached hydrogen (secondary N) is 1. The first-order valence-corrected chi connectivity index (χ1v) is 8.98. The van der Waals surface area contributed by atoms with Crippen molar-refractivity contribution in [1.29, 1.82) is 0 Å². The van der Waals surface area contributed by atoms with E-state index < -0.39 is 0 Å². The van der Waals surface area contributed by atoms with Gasteiger partial charge in [0.15, 0.2) is 5.82 Å². The molecule has 26 heavy (non-hydrogen) atoms. The minimum absolute atomic E-state index is 0.0221. The first kappa shape index (κ1) is 16.7. The van der Waals surface area contributed by atoms with Crippen LogP contribution in [-0.4, -0.2) is 34.0 Å². The molecule has 1 fully saturated rings. The summed E-state index contributed by atoms with van der Waals surface area (Å²) >= 11 is 0. The van der Waals surface area contributed by atoms with E-state index in [4.69, 9.17) is 4.52 Å². The van der Waals surface area contributed by atoms with Crippen molar-refractivity contribution < 1.29 is 9.32 Å². The van der Waals surface area contributed by atoms with Crippen molar-refractivity contribution in [2.45, 2.75) is 26.3 Å². The van der Waals surface area contributed by atoms with Crippen molar-refractivity contribution in [2.24, 2.45) is 5.92 Å². The van der Waals surface area contributed by atoms with Gasteiger partial charge in [0.2, 0.25) is 5.91 Å². The molecule has 134 valence electrons. The van der Waals surface area contributed by atoms with Gasteiger partial charge >= 0.3 is 0 Å². The normalized spacial score (nSPS) is 16.0. The molecule has 1 aliphatic rings. The molecule has 0 radical (unpaired) electrons. The maximum atomic E-state index is 12.4. The summed E-state index contributed by atoms with van der Waals surface area (Å²) in [6, 6.07) is 12.1. The molecule has 1 aromatic carbocycles. The lowest BCUT2D eigenvalue weighted by Gasteiger charge is -2.31. The summed E-state index contributed by atoms with van der Waals surface area (Å²) < 4.78 is 4.99. The van der Waals surface area contributed by atoms with Gasteiger partial charge in [-0.05, 0) is 44.5 Å². The molecule has 1 amide bonds. The summed E-state index contributed by atoms with van der Waals surface area (Å²) in [4.78, 5) is 19.3. The molecule has 1 aliphatic heterocycles. The van der Waals surface area contributed by atoms with Crippen LogP contribution in [0.15, 0.2) is 47.1 Å². The highest BCUT2D eigenvalue weighted by Gasteiger charge is 2.25. The zero-order valence-electron chi connectivity index (χ0n) is 14.8. The van der Waals surface area contributed by atoms with Crippen LogP contribution in [0.4, 0.5) is 5.82 Å². The van der Waals surface area contributed by atoms with Crippen molar-refractivity contribution in [3.63, 3.8) is 0 Å². The molecular formula is C20H22N4O2. The Hall–Kier alpha value is -2.73. The first-order chi connectivity index (χ1) is 12.7. The van der Waals surface area contributed by atoms with E-state index in [1.165, 1.54) is 10.9 Å². The Balaban J connectivity index is 1.35. The Morgan fingerprint density at radius 1 is 1.27 bits per heavy atom. The number of aryl methyl sites for hydroxylation is 1. The fourth-order valence-electron chi connectivity index (χ4n) is 3.54. The molecule has 3 heterocycles. The van der Waals surface area contributed by atoms with E-state index in [9.17, 15) is 4.79 Å². The zero-order valence-corrected chi connectivity index (χ0v) is 14.8. The number of carbonyl (C=O) groups excluding carboxylic acids is 1. The number of hydrogen-bond donors (Lipinski definition) is 1. The molecule has 0 spiro atoms. The number of anilines is 1. The summed E-state index contributed by atoms with van der Waals surface area (Å²) in [6.07, 6.45) is 3.54. The lowest BCUT2D eigenvalue weighted by molar-refractivity contribution is -0.121. The van der Waals surface area contributed by atoms with Crippen LogP contribution in [0.25, 0.3) is 10.9 Å². The van der Waals surface area contributed by atoms with Crippen LogP contribution in [0.1, 0.15) is 24.2 Å². The van der Waals surface area contributed by atoms with Crippen molar-refractivity contribution in [1.82, 2.24) is 15.0 Å². The number of piperidine rings is 1.